The lowest BCUT2D eigenvalue weighted by molar-refractivity contribution is 0.0935. The summed E-state index contributed by atoms with van der Waals surface area (Å²) < 4.78 is 17.2. The van der Waals surface area contributed by atoms with Crippen molar-refractivity contribution in [1.82, 2.24) is 29.4 Å². The van der Waals surface area contributed by atoms with Gasteiger partial charge in [-0.1, -0.05) is 19.1 Å². The van der Waals surface area contributed by atoms with Crippen LogP contribution in [0.25, 0.3) is 22.6 Å². The second-order valence-corrected chi connectivity index (χ2v) is 6.58. The van der Waals surface area contributed by atoms with Gasteiger partial charge < -0.3 is 4.40 Å². The van der Waals surface area contributed by atoms with Crippen molar-refractivity contribution in [2.45, 2.75) is 20.8 Å². The first-order valence-corrected chi connectivity index (χ1v) is 8.52. The number of pyridine rings is 2. The predicted octanol–water partition coefficient (Wildman–Crippen LogP) is 3.26. The van der Waals surface area contributed by atoms with Crippen LogP contribution >= 0.6 is 0 Å². The molecule has 8 heteroatoms. The molecule has 0 saturated heterocycles. The van der Waals surface area contributed by atoms with Crippen LogP contribution in [-0.4, -0.2) is 35.1 Å². The lowest BCUT2D eigenvalue weighted by Gasteiger charge is -2.04. The van der Waals surface area contributed by atoms with Gasteiger partial charge in [-0.15, -0.1) is 5.10 Å². The summed E-state index contributed by atoms with van der Waals surface area (Å²) in [5.41, 5.74) is 3.43. The highest BCUT2D eigenvalue weighted by Crippen LogP contribution is 2.24. The molecular formula is C19H17FN6O. The fourth-order valence-corrected chi connectivity index (χ4v) is 2.91. The summed E-state index contributed by atoms with van der Waals surface area (Å²) >= 11 is 0. The van der Waals surface area contributed by atoms with Crippen molar-refractivity contribution >= 4 is 11.4 Å². The summed E-state index contributed by atoms with van der Waals surface area (Å²) in [6.07, 6.45) is 4.93. The van der Waals surface area contributed by atoms with E-state index in [9.17, 15) is 9.18 Å². The summed E-state index contributed by atoms with van der Waals surface area (Å²) in [6.45, 7) is 5.50. The normalized spacial score (nSPS) is 11.4. The molecule has 0 N–H and O–H groups in total. The van der Waals surface area contributed by atoms with Gasteiger partial charge in [0.15, 0.2) is 5.78 Å². The Hall–Kier alpha value is -3.42. The zero-order valence-electron chi connectivity index (χ0n) is 15.1. The van der Waals surface area contributed by atoms with Crippen LogP contribution in [0.4, 0.5) is 4.39 Å². The SMILES string of the molecule is Cc1c(-c2ccc3nc(C(=O)C(C)C)cn3c2)nnn1-c1cccnc1F. The largest absolute Gasteiger partial charge is 0.306 e. The topological polar surface area (TPSA) is 78.0 Å². The van der Waals surface area contributed by atoms with Gasteiger partial charge in [0.2, 0.25) is 5.95 Å². The smallest absolute Gasteiger partial charge is 0.238 e. The van der Waals surface area contributed by atoms with E-state index in [1.54, 1.807) is 22.7 Å². The summed E-state index contributed by atoms with van der Waals surface area (Å²) in [5.74, 6) is -0.737. The highest BCUT2D eigenvalue weighted by molar-refractivity contribution is 5.96. The third-order valence-electron chi connectivity index (χ3n) is 4.36. The lowest BCUT2D eigenvalue weighted by atomic mass is 10.1. The van der Waals surface area contributed by atoms with Crippen LogP contribution in [0, 0.1) is 18.8 Å². The molecular weight excluding hydrogens is 347 g/mol. The molecule has 136 valence electrons. The third kappa shape index (κ3) is 2.88. The van der Waals surface area contributed by atoms with E-state index in [1.807, 2.05) is 39.1 Å². The van der Waals surface area contributed by atoms with Crippen LogP contribution in [0.2, 0.25) is 0 Å². The lowest BCUT2D eigenvalue weighted by Crippen LogP contribution is -2.07. The number of nitrogens with zero attached hydrogens (tertiary/aromatic N) is 6. The van der Waals surface area contributed by atoms with Crippen LogP contribution in [0.5, 0.6) is 0 Å². The zero-order chi connectivity index (χ0) is 19.1. The zero-order valence-corrected chi connectivity index (χ0v) is 15.1. The van der Waals surface area contributed by atoms with Crippen molar-refractivity contribution in [3.8, 4) is 16.9 Å². The minimum atomic E-state index is -0.612. The van der Waals surface area contributed by atoms with Crippen LogP contribution in [0.3, 0.4) is 0 Å². The second-order valence-electron chi connectivity index (χ2n) is 6.58. The van der Waals surface area contributed by atoms with E-state index in [2.05, 4.69) is 20.3 Å². The summed E-state index contributed by atoms with van der Waals surface area (Å²) in [6, 6.07) is 6.91. The number of hydrogen-bond acceptors (Lipinski definition) is 5. The molecule has 0 aliphatic carbocycles. The van der Waals surface area contributed by atoms with E-state index in [-0.39, 0.29) is 17.4 Å². The molecule has 0 spiro atoms. The molecule has 7 nitrogen and oxygen atoms in total. The van der Waals surface area contributed by atoms with Crippen molar-refractivity contribution in [2.75, 3.05) is 0 Å². The van der Waals surface area contributed by atoms with E-state index in [4.69, 9.17) is 0 Å². The van der Waals surface area contributed by atoms with Gasteiger partial charge in [-0.2, -0.15) is 4.39 Å². The fraction of sp³-hybridized carbons (Fsp3) is 0.211. The number of ketones is 1. The van der Waals surface area contributed by atoms with Gasteiger partial charge in [0.25, 0.3) is 0 Å². The molecule has 0 atom stereocenters. The number of carbonyl (C=O) groups is 1. The van der Waals surface area contributed by atoms with Crippen molar-refractivity contribution < 1.29 is 9.18 Å². The number of fused-ring (bicyclic) bond motifs is 1. The Kier molecular flexibility index (Phi) is 4.02. The average molecular weight is 364 g/mol. The van der Waals surface area contributed by atoms with Crippen molar-refractivity contribution in [2.24, 2.45) is 5.92 Å². The Labute approximate surface area is 154 Å². The number of Topliss-reactive ketones (excluding diaryl/α,β-unsaturated/α-hetero) is 1. The quantitative estimate of drug-likeness (QED) is 0.410. The second kappa shape index (κ2) is 6.39. The molecule has 0 amide bonds. The van der Waals surface area contributed by atoms with Crippen LogP contribution in [0.15, 0.2) is 42.9 Å². The summed E-state index contributed by atoms with van der Waals surface area (Å²) in [7, 11) is 0. The molecule has 0 aromatic carbocycles. The first-order chi connectivity index (χ1) is 13.0. The number of imidazole rings is 1. The van der Waals surface area contributed by atoms with Crippen LogP contribution < -0.4 is 0 Å². The maximum Gasteiger partial charge on any atom is 0.238 e. The molecule has 0 aliphatic rings. The molecule has 0 aliphatic heterocycles. The van der Waals surface area contributed by atoms with Crippen LogP contribution in [0.1, 0.15) is 30.0 Å². The van der Waals surface area contributed by atoms with Gasteiger partial charge in [0.1, 0.15) is 22.7 Å². The van der Waals surface area contributed by atoms with Gasteiger partial charge in [-0.05, 0) is 31.2 Å². The molecule has 4 heterocycles. The molecule has 27 heavy (non-hydrogen) atoms. The van der Waals surface area contributed by atoms with Crippen molar-refractivity contribution in [3.05, 3.63) is 60.2 Å². The van der Waals surface area contributed by atoms with Crippen LogP contribution in [-0.2, 0) is 0 Å². The minimum absolute atomic E-state index is 0.00516. The Morgan fingerprint density at radius 2 is 2.00 bits per heavy atom. The standard InChI is InChI=1S/C19H17FN6O/c1-11(2)18(27)14-10-25-9-13(6-7-16(25)22-14)17-12(3)26(24-23-17)15-5-4-8-21-19(15)20/h4-11H,1-3H3. The highest BCUT2D eigenvalue weighted by atomic mass is 19.1. The Bertz CT molecular complexity index is 1160. The predicted molar refractivity (Wildman–Crippen MR) is 97.2 cm³/mol. The van der Waals surface area contributed by atoms with Gasteiger partial charge >= 0.3 is 0 Å². The van der Waals surface area contributed by atoms with E-state index in [1.165, 1.54) is 10.9 Å². The average Bonchev–Trinajstić information content (AvgIpc) is 3.24. The number of aromatic nitrogens is 6. The van der Waals surface area contributed by atoms with E-state index >= 15 is 0 Å². The molecule has 4 aromatic rings. The molecule has 0 radical (unpaired) electrons. The maximum absolute atomic E-state index is 14.0. The number of halogens is 1. The Balaban J connectivity index is 1.77. The highest BCUT2D eigenvalue weighted by Gasteiger charge is 2.17. The van der Waals surface area contributed by atoms with Gasteiger partial charge in [0, 0.05) is 30.1 Å². The molecule has 0 bridgehead atoms. The van der Waals surface area contributed by atoms with Gasteiger partial charge in [-0.25, -0.2) is 14.6 Å². The third-order valence-corrected chi connectivity index (χ3v) is 4.36. The van der Waals surface area contributed by atoms with E-state index < -0.39 is 5.95 Å². The maximum atomic E-state index is 14.0. The minimum Gasteiger partial charge on any atom is -0.306 e. The number of rotatable bonds is 4. The molecule has 0 unspecified atom stereocenters. The molecule has 4 aromatic heterocycles. The first kappa shape index (κ1) is 17.0. The molecule has 0 saturated carbocycles. The van der Waals surface area contributed by atoms with Crippen molar-refractivity contribution in [1.29, 1.82) is 0 Å². The van der Waals surface area contributed by atoms with E-state index in [0.717, 1.165) is 5.56 Å². The number of hydrogen-bond donors (Lipinski definition) is 0. The molecule has 0 fully saturated rings. The van der Waals surface area contributed by atoms with E-state index in [0.29, 0.717) is 22.7 Å². The monoisotopic (exact) mass is 364 g/mol. The fourth-order valence-electron chi connectivity index (χ4n) is 2.91. The Morgan fingerprint density at radius 1 is 1.19 bits per heavy atom. The van der Waals surface area contributed by atoms with Gasteiger partial charge in [-0.3, -0.25) is 4.79 Å². The first-order valence-electron chi connectivity index (χ1n) is 8.52. The summed E-state index contributed by atoms with van der Waals surface area (Å²) in [5, 5.41) is 8.27. The van der Waals surface area contributed by atoms with Crippen molar-refractivity contribution in [3.63, 3.8) is 0 Å². The summed E-state index contributed by atoms with van der Waals surface area (Å²) in [4.78, 5) is 20.2. The van der Waals surface area contributed by atoms with Gasteiger partial charge in [0.05, 0.1) is 5.69 Å². The molecule has 4 rings (SSSR count). The number of carbonyl (C=O) groups excluding carboxylic acids is 1. The Morgan fingerprint density at radius 3 is 2.74 bits per heavy atom.